The second kappa shape index (κ2) is 6.81. The van der Waals surface area contributed by atoms with Gasteiger partial charge in [0.2, 0.25) is 5.91 Å². The van der Waals surface area contributed by atoms with Gasteiger partial charge in [0, 0.05) is 35.2 Å². The van der Waals surface area contributed by atoms with Crippen LogP contribution in [0.1, 0.15) is 70.8 Å². The van der Waals surface area contributed by atoms with Crippen LogP contribution in [-0.4, -0.2) is 21.8 Å². The molecule has 7 rings (SSSR count). The molecule has 0 radical (unpaired) electrons. The van der Waals surface area contributed by atoms with Crippen LogP contribution in [-0.2, 0) is 4.79 Å². The zero-order valence-electron chi connectivity index (χ0n) is 19.9. The molecular formula is C30H34N2O. The Morgan fingerprint density at radius 1 is 0.970 bits per heavy atom. The molecule has 33 heavy (non-hydrogen) atoms. The molecule has 2 aromatic rings. The summed E-state index contributed by atoms with van der Waals surface area (Å²) in [5.74, 6) is 2.50. The SMILES string of the molecule is C[C@]12CCC(=O)N(C3CC3)C1=CC[C@@H]1[C@@H]2CC[C@]2(C)C(c3cnc4ccccc4c3)=CC[C@@H]12. The summed E-state index contributed by atoms with van der Waals surface area (Å²) in [4.78, 5) is 19.9. The Hall–Kier alpha value is -2.42. The fraction of sp³-hybridized carbons (Fsp3) is 0.533. The highest BCUT2D eigenvalue weighted by Gasteiger charge is 2.59. The molecule has 0 spiro atoms. The van der Waals surface area contributed by atoms with Gasteiger partial charge in [-0.05, 0) is 91.4 Å². The third kappa shape index (κ3) is 2.74. The van der Waals surface area contributed by atoms with Crippen LogP contribution >= 0.6 is 0 Å². The lowest BCUT2D eigenvalue weighted by molar-refractivity contribution is -0.137. The summed E-state index contributed by atoms with van der Waals surface area (Å²) < 4.78 is 0. The lowest BCUT2D eigenvalue weighted by atomic mass is 9.49. The molecule has 4 aliphatic carbocycles. The van der Waals surface area contributed by atoms with Crippen molar-refractivity contribution in [1.29, 1.82) is 0 Å². The van der Waals surface area contributed by atoms with E-state index >= 15 is 0 Å². The number of pyridine rings is 1. The molecule has 1 aliphatic heterocycles. The van der Waals surface area contributed by atoms with Crippen molar-refractivity contribution in [2.24, 2.45) is 28.6 Å². The fourth-order valence-electron chi connectivity index (χ4n) is 8.35. The van der Waals surface area contributed by atoms with Gasteiger partial charge in [-0.25, -0.2) is 0 Å². The molecule has 1 saturated heterocycles. The number of carbonyl (C=O) groups is 1. The molecule has 0 N–H and O–H groups in total. The number of hydrogen-bond donors (Lipinski definition) is 0. The highest BCUT2D eigenvalue weighted by atomic mass is 16.2. The lowest BCUT2D eigenvalue weighted by Gasteiger charge is -2.58. The summed E-state index contributed by atoms with van der Waals surface area (Å²) in [5.41, 5.74) is 5.73. The average Bonchev–Trinajstić information content (AvgIpc) is 3.59. The number of para-hydroxylation sites is 1. The third-order valence-corrected chi connectivity index (χ3v) is 10.2. The predicted octanol–water partition coefficient (Wildman–Crippen LogP) is 6.75. The summed E-state index contributed by atoms with van der Waals surface area (Å²) in [6.45, 7) is 5.03. The first-order chi connectivity index (χ1) is 16.0. The van der Waals surface area contributed by atoms with Crippen molar-refractivity contribution in [3.63, 3.8) is 0 Å². The zero-order chi connectivity index (χ0) is 22.4. The van der Waals surface area contributed by atoms with E-state index in [2.05, 4.69) is 67.4 Å². The molecule has 1 amide bonds. The number of aromatic nitrogens is 1. The minimum Gasteiger partial charge on any atom is -0.313 e. The molecule has 3 heteroatoms. The van der Waals surface area contributed by atoms with E-state index in [4.69, 9.17) is 4.98 Å². The Bertz CT molecular complexity index is 1220. The lowest BCUT2D eigenvalue weighted by Crippen LogP contribution is -2.54. The Kier molecular flexibility index (Phi) is 4.12. The van der Waals surface area contributed by atoms with Gasteiger partial charge in [0.15, 0.2) is 0 Å². The number of allylic oxidation sites excluding steroid dienone is 4. The van der Waals surface area contributed by atoms with E-state index in [0.717, 1.165) is 24.8 Å². The van der Waals surface area contributed by atoms with E-state index in [0.29, 0.717) is 29.7 Å². The highest BCUT2D eigenvalue weighted by molar-refractivity contribution is 5.84. The third-order valence-electron chi connectivity index (χ3n) is 10.2. The first-order valence-electron chi connectivity index (χ1n) is 13.1. The van der Waals surface area contributed by atoms with Crippen LogP contribution in [0.25, 0.3) is 16.5 Å². The van der Waals surface area contributed by atoms with Crippen molar-refractivity contribution < 1.29 is 4.79 Å². The predicted molar refractivity (Wildman–Crippen MR) is 132 cm³/mol. The second-order valence-electron chi connectivity index (χ2n) is 11.8. The molecule has 5 atom stereocenters. The normalized spacial score (nSPS) is 37.8. The molecule has 2 saturated carbocycles. The molecule has 3 nitrogen and oxygen atoms in total. The van der Waals surface area contributed by atoms with E-state index in [-0.39, 0.29) is 10.8 Å². The topological polar surface area (TPSA) is 33.2 Å². The van der Waals surface area contributed by atoms with Crippen LogP contribution in [0.15, 0.2) is 54.4 Å². The molecule has 0 unspecified atom stereocenters. The van der Waals surface area contributed by atoms with Crippen molar-refractivity contribution >= 4 is 22.4 Å². The summed E-state index contributed by atoms with van der Waals surface area (Å²) >= 11 is 0. The minimum atomic E-state index is 0.175. The fourth-order valence-corrected chi connectivity index (χ4v) is 8.35. The maximum atomic E-state index is 12.8. The van der Waals surface area contributed by atoms with Crippen LogP contribution < -0.4 is 0 Å². The van der Waals surface area contributed by atoms with Crippen molar-refractivity contribution in [3.8, 4) is 0 Å². The number of likely N-dealkylation sites (tertiary alicyclic amines) is 1. The van der Waals surface area contributed by atoms with Gasteiger partial charge in [-0.15, -0.1) is 0 Å². The largest absolute Gasteiger partial charge is 0.313 e. The number of amides is 1. The maximum absolute atomic E-state index is 12.8. The standard InChI is InChI=1S/C30H34N2O/c1-29-15-13-25-22(9-12-27-30(25,2)16-14-28(33)32(27)21-7-8-21)24(29)11-10-23(29)20-17-19-5-3-4-6-26(19)31-18-20/h3-6,10,12,17-18,21-22,24-25H,7-9,11,13-16H2,1-2H3/t22-,24-,25-,29+,30+/m0/s1. The summed E-state index contributed by atoms with van der Waals surface area (Å²) in [6, 6.07) is 11.3. The molecule has 1 aromatic carbocycles. The molecule has 170 valence electrons. The first-order valence-corrected chi connectivity index (χ1v) is 13.1. The van der Waals surface area contributed by atoms with E-state index < -0.39 is 0 Å². The van der Waals surface area contributed by atoms with Crippen molar-refractivity contribution in [2.75, 3.05) is 0 Å². The highest BCUT2D eigenvalue weighted by Crippen LogP contribution is 2.66. The Labute approximate surface area is 197 Å². The second-order valence-corrected chi connectivity index (χ2v) is 11.8. The van der Waals surface area contributed by atoms with Gasteiger partial charge in [-0.2, -0.15) is 0 Å². The number of carbonyl (C=O) groups excluding carboxylic acids is 1. The monoisotopic (exact) mass is 438 g/mol. The van der Waals surface area contributed by atoms with E-state index in [9.17, 15) is 4.79 Å². The van der Waals surface area contributed by atoms with E-state index in [1.807, 2.05) is 0 Å². The molecule has 2 heterocycles. The van der Waals surface area contributed by atoms with Gasteiger partial charge < -0.3 is 4.90 Å². The summed E-state index contributed by atoms with van der Waals surface area (Å²) in [5, 5.41) is 1.24. The number of rotatable bonds is 2. The van der Waals surface area contributed by atoms with Gasteiger partial charge in [0.05, 0.1) is 5.52 Å². The quantitative estimate of drug-likeness (QED) is 0.520. The number of nitrogens with zero attached hydrogens (tertiary/aromatic N) is 2. The van der Waals surface area contributed by atoms with Gasteiger partial charge in [-0.3, -0.25) is 9.78 Å². The summed E-state index contributed by atoms with van der Waals surface area (Å²) in [7, 11) is 0. The number of fused-ring (bicyclic) bond motifs is 6. The molecule has 3 fully saturated rings. The smallest absolute Gasteiger partial charge is 0.227 e. The molecular weight excluding hydrogens is 404 g/mol. The molecule has 5 aliphatic rings. The van der Waals surface area contributed by atoms with Crippen molar-refractivity contribution in [1.82, 2.24) is 9.88 Å². The Morgan fingerprint density at radius 2 is 1.82 bits per heavy atom. The first kappa shape index (κ1) is 20.0. The maximum Gasteiger partial charge on any atom is 0.227 e. The number of benzene rings is 1. The van der Waals surface area contributed by atoms with Crippen molar-refractivity contribution in [3.05, 3.63) is 59.9 Å². The Balaban J connectivity index is 1.23. The van der Waals surface area contributed by atoms with Crippen LogP contribution in [0.4, 0.5) is 0 Å². The van der Waals surface area contributed by atoms with E-state index in [1.165, 1.54) is 54.3 Å². The van der Waals surface area contributed by atoms with Gasteiger partial charge >= 0.3 is 0 Å². The average molecular weight is 439 g/mol. The van der Waals surface area contributed by atoms with E-state index in [1.54, 1.807) is 0 Å². The van der Waals surface area contributed by atoms with Crippen LogP contribution in [0.3, 0.4) is 0 Å². The van der Waals surface area contributed by atoms with Crippen LogP contribution in [0.2, 0.25) is 0 Å². The number of piperidine rings is 1. The van der Waals surface area contributed by atoms with Gasteiger partial charge in [0.25, 0.3) is 0 Å². The van der Waals surface area contributed by atoms with Gasteiger partial charge in [0.1, 0.15) is 0 Å². The molecule has 1 aromatic heterocycles. The van der Waals surface area contributed by atoms with Crippen molar-refractivity contribution in [2.45, 2.75) is 71.3 Å². The summed E-state index contributed by atoms with van der Waals surface area (Å²) in [6.07, 6.45) is 16.2. The van der Waals surface area contributed by atoms with Crippen LogP contribution in [0, 0.1) is 28.6 Å². The zero-order valence-corrected chi connectivity index (χ0v) is 19.9. The number of hydrogen-bond acceptors (Lipinski definition) is 2. The minimum absolute atomic E-state index is 0.175. The van der Waals surface area contributed by atoms with Gasteiger partial charge in [-0.1, -0.05) is 44.2 Å². The van der Waals surface area contributed by atoms with Crippen LogP contribution in [0.5, 0.6) is 0 Å². The molecule has 0 bridgehead atoms. The Morgan fingerprint density at radius 3 is 2.67 bits per heavy atom.